The van der Waals surface area contributed by atoms with Crippen LogP contribution >= 0.6 is 0 Å². The topological polar surface area (TPSA) is 57.0 Å². The summed E-state index contributed by atoms with van der Waals surface area (Å²) >= 11 is 0. The number of nitrogens with zero attached hydrogens (tertiary/aromatic N) is 2. The highest BCUT2D eigenvalue weighted by Crippen LogP contribution is 2.34. The van der Waals surface area contributed by atoms with Gasteiger partial charge in [-0.25, -0.2) is 4.39 Å². The number of halogens is 1. The van der Waals surface area contributed by atoms with Gasteiger partial charge in [-0.1, -0.05) is 11.2 Å². The van der Waals surface area contributed by atoms with Crippen molar-refractivity contribution in [2.75, 3.05) is 5.73 Å². The molecule has 0 saturated heterocycles. The molecule has 1 aromatic carbocycles. The number of aromatic nitrogens is 2. The minimum Gasteiger partial charge on any atom is -0.394 e. The lowest BCUT2D eigenvalue weighted by Gasteiger charge is -1.97. The number of hydrogen-bond acceptors (Lipinski definition) is 3. The minimum atomic E-state index is -0.297. The highest BCUT2D eigenvalue weighted by molar-refractivity contribution is 5.97. The van der Waals surface area contributed by atoms with Crippen molar-refractivity contribution in [1.29, 1.82) is 0 Å². The molecule has 0 fully saturated rings. The average molecular weight is 231 g/mol. The van der Waals surface area contributed by atoms with Crippen LogP contribution in [-0.2, 0) is 7.05 Å². The fourth-order valence-corrected chi connectivity index (χ4v) is 2.03. The summed E-state index contributed by atoms with van der Waals surface area (Å²) < 4.78 is 20.8. The molecule has 0 aliphatic rings. The van der Waals surface area contributed by atoms with E-state index in [0.717, 1.165) is 5.52 Å². The summed E-state index contributed by atoms with van der Waals surface area (Å²) in [6.45, 7) is 0. The molecule has 86 valence electrons. The molecule has 0 bridgehead atoms. The Hall–Kier alpha value is -2.30. The second-order valence-electron chi connectivity index (χ2n) is 3.90. The second-order valence-corrected chi connectivity index (χ2v) is 3.90. The van der Waals surface area contributed by atoms with E-state index in [1.165, 1.54) is 12.3 Å². The maximum absolute atomic E-state index is 13.9. The van der Waals surface area contributed by atoms with Gasteiger partial charge >= 0.3 is 0 Å². The van der Waals surface area contributed by atoms with Crippen LogP contribution < -0.4 is 5.73 Å². The first-order valence-corrected chi connectivity index (χ1v) is 5.12. The second kappa shape index (κ2) is 3.35. The van der Waals surface area contributed by atoms with Crippen molar-refractivity contribution in [3.63, 3.8) is 0 Å². The summed E-state index contributed by atoms with van der Waals surface area (Å²) in [5, 5.41) is 4.11. The number of nitrogen functional groups attached to an aromatic ring is 1. The molecule has 2 heterocycles. The maximum Gasteiger partial charge on any atom is 0.191 e. The average Bonchev–Trinajstić information content (AvgIpc) is 2.85. The van der Waals surface area contributed by atoms with Crippen LogP contribution in [0.4, 0.5) is 10.1 Å². The minimum absolute atomic E-state index is 0.297. The van der Waals surface area contributed by atoms with Crippen molar-refractivity contribution in [3.05, 3.63) is 36.4 Å². The van der Waals surface area contributed by atoms with E-state index in [1.807, 2.05) is 17.7 Å². The summed E-state index contributed by atoms with van der Waals surface area (Å²) in [5.41, 5.74) is 7.55. The molecule has 0 saturated carbocycles. The maximum atomic E-state index is 13.9. The molecule has 2 N–H and O–H groups in total. The molecule has 0 unspecified atom stereocenters. The largest absolute Gasteiger partial charge is 0.394 e. The van der Waals surface area contributed by atoms with Gasteiger partial charge in [-0.3, -0.25) is 0 Å². The Morgan fingerprint density at radius 3 is 2.94 bits per heavy atom. The fraction of sp³-hybridized carbons (Fsp3) is 0.0833. The van der Waals surface area contributed by atoms with Gasteiger partial charge in [0.05, 0.1) is 17.3 Å². The third kappa shape index (κ3) is 1.32. The van der Waals surface area contributed by atoms with Gasteiger partial charge in [0, 0.05) is 18.6 Å². The van der Waals surface area contributed by atoms with Crippen molar-refractivity contribution >= 4 is 16.6 Å². The van der Waals surface area contributed by atoms with Gasteiger partial charge in [-0.05, 0) is 12.1 Å². The summed E-state index contributed by atoms with van der Waals surface area (Å²) in [6, 6.07) is 4.93. The van der Waals surface area contributed by atoms with Crippen LogP contribution in [0.3, 0.4) is 0 Å². The SMILES string of the molecule is Cn1cc(-c2oncc2N)c2c(F)cccc21. The van der Waals surface area contributed by atoms with Gasteiger partial charge in [0.1, 0.15) is 11.5 Å². The Morgan fingerprint density at radius 1 is 1.41 bits per heavy atom. The van der Waals surface area contributed by atoms with Crippen molar-refractivity contribution in [2.24, 2.45) is 7.05 Å². The highest BCUT2D eigenvalue weighted by Gasteiger charge is 2.17. The summed E-state index contributed by atoms with van der Waals surface area (Å²) in [5.74, 6) is 0.106. The van der Waals surface area contributed by atoms with Crippen LogP contribution in [0.25, 0.3) is 22.2 Å². The van der Waals surface area contributed by atoms with E-state index < -0.39 is 0 Å². The van der Waals surface area contributed by atoms with E-state index in [0.29, 0.717) is 22.4 Å². The van der Waals surface area contributed by atoms with Crippen LogP contribution in [0.2, 0.25) is 0 Å². The zero-order chi connectivity index (χ0) is 12.0. The van der Waals surface area contributed by atoms with Gasteiger partial charge in [0.25, 0.3) is 0 Å². The van der Waals surface area contributed by atoms with E-state index in [-0.39, 0.29) is 5.82 Å². The predicted molar refractivity (Wildman–Crippen MR) is 62.8 cm³/mol. The van der Waals surface area contributed by atoms with Gasteiger partial charge in [-0.2, -0.15) is 0 Å². The summed E-state index contributed by atoms with van der Waals surface area (Å²) in [4.78, 5) is 0. The first kappa shape index (κ1) is 9.89. The van der Waals surface area contributed by atoms with Crippen LogP contribution in [0.1, 0.15) is 0 Å². The molecule has 0 amide bonds. The molecular formula is C12H10FN3O. The van der Waals surface area contributed by atoms with Crippen LogP contribution in [-0.4, -0.2) is 9.72 Å². The standard InChI is InChI=1S/C12H10FN3O/c1-16-6-7(12-9(14)5-15-17-12)11-8(13)3-2-4-10(11)16/h2-6H,14H2,1H3. The molecule has 0 atom stereocenters. The smallest absolute Gasteiger partial charge is 0.191 e. The lowest BCUT2D eigenvalue weighted by Crippen LogP contribution is -1.84. The Kier molecular flexibility index (Phi) is 1.95. The number of hydrogen-bond donors (Lipinski definition) is 1. The van der Waals surface area contributed by atoms with Gasteiger partial charge < -0.3 is 14.8 Å². The number of fused-ring (bicyclic) bond motifs is 1. The molecule has 0 aliphatic carbocycles. The van der Waals surface area contributed by atoms with Crippen molar-refractivity contribution < 1.29 is 8.91 Å². The molecule has 3 rings (SSSR count). The zero-order valence-electron chi connectivity index (χ0n) is 9.14. The molecule has 0 aliphatic heterocycles. The van der Waals surface area contributed by atoms with E-state index >= 15 is 0 Å². The van der Waals surface area contributed by atoms with Crippen molar-refractivity contribution in [2.45, 2.75) is 0 Å². The quantitative estimate of drug-likeness (QED) is 0.700. The number of anilines is 1. The highest BCUT2D eigenvalue weighted by atomic mass is 19.1. The third-order valence-electron chi connectivity index (χ3n) is 2.81. The first-order chi connectivity index (χ1) is 8.18. The number of benzene rings is 1. The zero-order valence-corrected chi connectivity index (χ0v) is 9.14. The van der Waals surface area contributed by atoms with Crippen LogP contribution in [0.15, 0.2) is 35.1 Å². The van der Waals surface area contributed by atoms with Crippen molar-refractivity contribution in [3.8, 4) is 11.3 Å². The normalized spacial score (nSPS) is 11.2. The Balaban J connectivity index is 2.42. The molecule has 4 nitrogen and oxygen atoms in total. The molecule has 0 radical (unpaired) electrons. The molecular weight excluding hydrogens is 221 g/mol. The fourth-order valence-electron chi connectivity index (χ4n) is 2.03. The van der Waals surface area contributed by atoms with E-state index in [9.17, 15) is 4.39 Å². The van der Waals surface area contributed by atoms with E-state index in [4.69, 9.17) is 10.3 Å². The number of aryl methyl sites for hydroxylation is 1. The molecule has 2 aromatic heterocycles. The first-order valence-electron chi connectivity index (χ1n) is 5.12. The summed E-state index contributed by atoms with van der Waals surface area (Å²) in [6.07, 6.45) is 3.19. The van der Waals surface area contributed by atoms with Gasteiger partial charge in [0.15, 0.2) is 5.76 Å². The molecule has 3 aromatic rings. The summed E-state index contributed by atoms with van der Waals surface area (Å²) in [7, 11) is 1.85. The van der Waals surface area contributed by atoms with Gasteiger partial charge in [0.2, 0.25) is 0 Å². The predicted octanol–water partition coefficient (Wildman–Crippen LogP) is 2.55. The Labute approximate surface area is 96.4 Å². The third-order valence-corrected chi connectivity index (χ3v) is 2.81. The monoisotopic (exact) mass is 231 g/mol. The molecule has 0 spiro atoms. The van der Waals surface area contributed by atoms with E-state index in [1.54, 1.807) is 12.3 Å². The lowest BCUT2D eigenvalue weighted by molar-refractivity contribution is 0.432. The van der Waals surface area contributed by atoms with Crippen LogP contribution in [0.5, 0.6) is 0 Å². The lowest BCUT2D eigenvalue weighted by atomic mass is 10.1. The van der Waals surface area contributed by atoms with Crippen LogP contribution in [0, 0.1) is 5.82 Å². The molecule has 17 heavy (non-hydrogen) atoms. The van der Waals surface area contributed by atoms with Crippen molar-refractivity contribution in [1.82, 2.24) is 9.72 Å². The Morgan fingerprint density at radius 2 is 2.24 bits per heavy atom. The number of rotatable bonds is 1. The van der Waals surface area contributed by atoms with Gasteiger partial charge in [-0.15, -0.1) is 0 Å². The van der Waals surface area contributed by atoms with E-state index in [2.05, 4.69) is 5.16 Å². The Bertz CT molecular complexity index is 699. The molecule has 5 heteroatoms. The number of nitrogens with two attached hydrogens (primary N) is 1.